The fraction of sp³-hybridized carbons (Fsp3) is 0.167. The van der Waals surface area contributed by atoms with Crippen LogP contribution in [0, 0.1) is 6.92 Å². The molecule has 7 heteroatoms. The SMILES string of the molecule is Cc1ccc(-c2cnn(C)c2)nc1C(=O)Nc1ccc2c(c1)OCO2. The van der Waals surface area contributed by atoms with Gasteiger partial charge in [-0.3, -0.25) is 9.48 Å². The Balaban J connectivity index is 1.61. The summed E-state index contributed by atoms with van der Waals surface area (Å²) < 4.78 is 12.3. The minimum atomic E-state index is -0.276. The van der Waals surface area contributed by atoms with Crippen molar-refractivity contribution < 1.29 is 14.3 Å². The van der Waals surface area contributed by atoms with Crippen LogP contribution in [-0.4, -0.2) is 27.5 Å². The highest BCUT2D eigenvalue weighted by atomic mass is 16.7. The number of fused-ring (bicyclic) bond motifs is 1. The van der Waals surface area contributed by atoms with Gasteiger partial charge in [0.1, 0.15) is 5.69 Å². The van der Waals surface area contributed by atoms with Gasteiger partial charge < -0.3 is 14.8 Å². The van der Waals surface area contributed by atoms with Crippen molar-refractivity contribution in [2.75, 3.05) is 12.1 Å². The lowest BCUT2D eigenvalue weighted by Gasteiger charge is -2.09. The first-order valence-electron chi connectivity index (χ1n) is 7.78. The van der Waals surface area contributed by atoms with E-state index < -0.39 is 0 Å². The van der Waals surface area contributed by atoms with Gasteiger partial charge in [-0.15, -0.1) is 0 Å². The molecule has 0 unspecified atom stereocenters. The number of aromatic nitrogens is 3. The number of nitrogens with one attached hydrogen (secondary N) is 1. The smallest absolute Gasteiger partial charge is 0.274 e. The predicted octanol–water partition coefficient (Wildman–Crippen LogP) is 2.77. The molecule has 0 atom stereocenters. The number of anilines is 1. The van der Waals surface area contributed by atoms with Crippen molar-refractivity contribution in [2.45, 2.75) is 6.92 Å². The lowest BCUT2D eigenvalue weighted by atomic mass is 10.1. The van der Waals surface area contributed by atoms with Crippen LogP contribution in [0.3, 0.4) is 0 Å². The quantitative estimate of drug-likeness (QED) is 0.796. The molecule has 0 saturated carbocycles. The van der Waals surface area contributed by atoms with Crippen molar-refractivity contribution in [1.29, 1.82) is 0 Å². The number of rotatable bonds is 3. The molecule has 4 rings (SSSR count). The van der Waals surface area contributed by atoms with Crippen molar-refractivity contribution >= 4 is 11.6 Å². The first kappa shape index (κ1) is 15.2. The molecule has 3 aromatic rings. The number of amides is 1. The third-order valence-corrected chi connectivity index (χ3v) is 3.94. The summed E-state index contributed by atoms with van der Waals surface area (Å²) in [5.41, 5.74) is 3.36. The first-order valence-corrected chi connectivity index (χ1v) is 7.78. The zero-order valence-electron chi connectivity index (χ0n) is 13.8. The van der Waals surface area contributed by atoms with Gasteiger partial charge in [0.15, 0.2) is 11.5 Å². The molecule has 25 heavy (non-hydrogen) atoms. The summed E-state index contributed by atoms with van der Waals surface area (Å²) in [5, 5.41) is 7.00. The number of aryl methyl sites for hydroxylation is 2. The number of nitrogens with zero attached hydrogens (tertiary/aromatic N) is 3. The highest BCUT2D eigenvalue weighted by Gasteiger charge is 2.17. The molecule has 7 nitrogen and oxygen atoms in total. The highest BCUT2D eigenvalue weighted by Crippen LogP contribution is 2.34. The van der Waals surface area contributed by atoms with Crippen molar-refractivity contribution in [3.63, 3.8) is 0 Å². The van der Waals surface area contributed by atoms with Gasteiger partial charge in [0.05, 0.1) is 11.9 Å². The maximum Gasteiger partial charge on any atom is 0.274 e. The number of ether oxygens (including phenoxy) is 2. The maximum atomic E-state index is 12.7. The van der Waals surface area contributed by atoms with Gasteiger partial charge in [-0.2, -0.15) is 5.10 Å². The normalized spacial score (nSPS) is 12.2. The van der Waals surface area contributed by atoms with Gasteiger partial charge in [0, 0.05) is 30.6 Å². The van der Waals surface area contributed by atoms with Gasteiger partial charge in [-0.05, 0) is 30.7 Å². The van der Waals surface area contributed by atoms with E-state index in [1.165, 1.54) is 0 Å². The molecule has 1 aliphatic rings. The van der Waals surface area contributed by atoms with E-state index in [4.69, 9.17) is 9.47 Å². The number of hydrogen-bond donors (Lipinski definition) is 1. The number of benzene rings is 1. The summed E-state index contributed by atoms with van der Waals surface area (Å²) in [4.78, 5) is 17.2. The molecule has 0 saturated heterocycles. The molecule has 1 aromatic carbocycles. The monoisotopic (exact) mass is 336 g/mol. The van der Waals surface area contributed by atoms with Gasteiger partial charge >= 0.3 is 0 Å². The summed E-state index contributed by atoms with van der Waals surface area (Å²) in [6.45, 7) is 2.05. The van der Waals surface area contributed by atoms with Crippen LogP contribution in [0.5, 0.6) is 11.5 Å². The summed E-state index contributed by atoms with van der Waals surface area (Å²) >= 11 is 0. The average Bonchev–Trinajstić information content (AvgIpc) is 3.23. The molecule has 0 bridgehead atoms. The third-order valence-electron chi connectivity index (χ3n) is 3.94. The standard InChI is InChI=1S/C18H16N4O3/c1-11-3-5-14(12-8-19-22(2)9-12)21-17(11)18(23)20-13-4-6-15-16(7-13)25-10-24-15/h3-9H,10H2,1-2H3,(H,20,23). The molecule has 2 aromatic heterocycles. The summed E-state index contributed by atoms with van der Waals surface area (Å²) in [6, 6.07) is 9.03. The van der Waals surface area contributed by atoms with Crippen LogP contribution in [0.1, 0.15) is 16.1 Å². The zero-order chi connectivity index (χ0) is 17.4. The topological polar surface area (TPSA) is 78.3 Å². The van der Waals surface area contributed by atoms with E-state index in [2.05, 4.69) is 15.4 Å². The van der Waals surface area contributed by atoms with E-state index in [1.54, 1.807) is 29.1 Å². The van der Waals surface area contributed by atoms with E-state index in [1.807, 2.05) is 32.3 Å². The molecule has 126 valence electrons. The minimum Gasteiger partial charge on any atom is -0.454 e. The minimum absolute atomic E-state index is 0.195. The molecule has 1 amide bonds. The van der Waals surface area contributed by atoms with Crippen LogP contribution in [0.2, 0.25) is 0 Å². The second-order valence-electron chi connectivity index (χ2n) is 5.79. The van der Waals surface area contributed by atoms with Crippen LogP contribution in [0.4, 0.5) is 5.69 Å². The molecule has 0 aliphatic carbocycles. The lowest BCUT2D eigenvalue weighted by Crippen LogP contribution is -2.15. The molecule has 0 radical (unpaired) electrons. The Morgan fingerprint density at radius 2 is 2.04 bits per heavy atom. The maximum absolute atomic E-state index is 12.7. The number of pyridine rings is 1. The van der Waals surface area contributed by atoms with Gasteiger partial charge in [-0.1, -0.05) is 6.07 Å². The Kier molecular flexibility index (Phi) is 3.61. The van der Waals surface area contributed by atoms with E-state index >= 15 is 0 Å². The van der Waals surface area contributed by atoms with E-state index in [0.717, 1.165) is 11.1 Å². The van der Waals surface area contributed by atoms with Crippen LogP contribution >= 0.6 is 0 Å². The zero-order valence-corrected chi connectivity index (χ0v) is 13.8. The molecule has 3 heterocycles. The number of hydrogen-bond acceptors (Lipinski definition) is 5. The second-order valence-corrected chi connectivity index (χ2v) is 5.79. The van der Waals surface area contributed by atoms with Crippen LogP contribution in [0.25, 0.3) is 11.3 Å². The van der Waals surface area contributed by atoms with Crippen LogP contribution < -0.4 is 14.8 Å². The average molecular weight is 336 g/mol. The number of carbonyl (C=O) groups is 1. The van der Waals surface area contributed by atoms with Gasteiger partial charge in [0.2, 0.25) is 6.79 Å². The molecule has 1 aliphatic heterocycles. The molecular weight excluding hydrogens is 320 g/mol. The van der Waals surface area contributed by atoms with Crippen molar-refractivity contribution in [3.05, 3.63) is 54.0 Å². The Morgan fingerprint density at radius 3 is 2.84 bits per heavy atom. The van der Waals surface area contributed by atoms with Gasteiger partial charge in [0.25, 0.3) is 5.91 Å². The molecular formula is C18H16N4O3. The van der Waals surface area contributed by atoms with Crippen molar-refractivity contribution in [1.82, 2.24) is 14.8 Å². The van der Waals surface area contributed by atoms with Gasteiger partial charge in [-0.25, -0.2) is 4.98 Å². The largest absolute Gasteiger partial charge is 0.454 e. The van der Waals surface area contributed by atoms with Crippen LogP contribution in [-0.2, 0) is 7.05 Å². The van der Waals surface area contributed by atoms with E-state index in [-0.39, 0.29) is 12.7 Å². The van der Waals surface area contributed by atoms with E-state index in [0.29, 0.717) is 28.6 Å². The Hall–Kier alpha value is -3.35. The fourth-order valence-corrected chi connectivity index (χ4v) is 2.64. The predicted molar refractivity (Wildman–Crippen MR) is 91.7 cm³/mol. The summed E-state index contributed by atoms with van der Waals surface area (Å²) in [6.07, 6.45) is 3.58. The Labute approximate surface area is 144 Å². The van der Waals surface area contributed by atoms with Crippen molar-refractivity contribution in [3.8, 4) is 22.8 Å². The third kappa shape index (κ3) is 2.91. The molecule has 0 fully saturated rings. The fourth-order valence-electron chi connectivity index (χ4n) is 2.64. The molecule has 0 spiro atoms. The Bertz CT molecular complexity index is 965. The highest BCUT2D eigenvalue weighted by molar-refractivity contribution is 6.04. The molecule has 1 N–H and O–H groups in total. The van der Waals surface area contributed by atoms with Crippen LogP contribution in [0.15, 0.2) is 42.7 Å². The Morgan fingerprint density at radius 1 is 1.20 bits per heavy atom. The number of carbonyl (C=O) groups excluding carboxylic acids is 1. The van der Waals surface area contributed by atoms with Crippen molar-refractivity contribution in [2.24, 2.45) is 7.05 Å². The lowest BCUT2D eigenvalue weighted by molar-refractivity contribution is 0.102. The second kappa shape index (κ2) is 5.94. The summed E-state index contributed by atoms with van der Waals surface area (Å²) in [7, 11) is 1.84. The first-order chi connectivity index (χ1) is 12.1. The van der Waals surface area contributed by atoms with E-state index in [9.17, 15) is 4.79 Å². The summed E-state index contributed by atoms with van der Waals surface area (Å²) in [5.74, 6) is 1.01.